The zero-order valence-corrected chi connectivity index (χ0v) is 11.7. The maximum atomic E-state index is 11.5. The van der Waals surface area contributed by atoms with Crippen molar-refractivity contribution in [3.8, 4) is 0 Å². The zero-order chi connectivity index (χ0) is 14.1. The summed E-state index contributed by atoms with van der Waals surface area (Å²) in [6, 6.07) is 1.61. The molecular weight excluding hydrogens is 254 g/mol. The van der Waals surface area contributed by atoms with Gasteiger partial charge in [-0.25, -0.2) is 9.97 Å². The van der Waals surface area contributed by atoms with Gasteiger partial charge >= 0.3 is 0 Å². The minimum atomic E-state index is -0.511. The Morgan fingerprint density at radius 1 is 1.35 bits per heavy atom. The molecule has 2 aliphatic rings. The summed E-state index contributed by atoms with van der Waals surface area (Å²) in [6.45, 7) is 2.90. The molecular formula is C14H21N5O. The number of carbonyl (C=O) groups is 1. The van der Waals surface area contributed by atoms with Crippen LogP contribution in [0.4, 0.5) is 5.82 Å². The molecule has 0 aliphatic carbocycles. The third-order valence-electron chi connectivity index (χ3n) is 4.41. The first-order valence-electron chi connectivity index (χ1n) is 7.32. The predicted octanol–water partition coefficient (Wildman–Crippen LogP) is 0.685. The van der Waals surface area contributed by atoms with Crippen molar-refractivity contribution in [2.24, 2.45) is 5.73 Å². The number of fused-ring (bicyclic) bond motifs is 2. The van der Waals surface area contributed by atoms with Gasteiger partial charge in [0.05, 0.1) is 0 Å². The van der Waals surface area contributed by atoms with Crippen LogP contribution in [-0.4, -0.2) is 40.5 Å². The van der Waals surface area contributed by atoms with E-state index in [1.807, 2.05) is 0 Å². The molecule has 0 saturated carbocycles. The molecule has 0 radical (unpaired) electrons. The highest BCUT2D eigenvalue weighted by atomic mass is 16.1. The van der Waals surface area contributed by atoms with Crippen LogP contribution < -0.4 is 16.0 Å². The number of hydrogen-bond acceptors (Lipinski definition) is 5. The summed E-state index contributed by atoms with van der Waals surface area (Å²) in [5.41, 5.74) is 5.70. The van der Waals surface area contributed by atoms with Gasteiger partial charge < -0.3 is 16.0 Å². The molecule has 1 aromatic heterocycles. The van der Waals surface area contributed by atoms with E-state index in [0.29, 0.717) is 23.9 Å². The van der Waals surface area contributed by atoms with Crippen LogP contribution >= 0.6 is 0 Å². The summed E-state index contributed by atoms with van der Waals surface area (Å²) < 4.78 is 0. The van der Waals surface area contributed by atoms with Gasteiger partial charge in [0.25, 0.3) is 5.91 Å². The Kier molecular flexibility index (Phi) is 3.56. The van der Waals surface area contributed by atoms with Crippen LogP contribution in [0.2, 0.25) is 0 Å². The highest BCUT2D eigenvalue weighted by Gasteiger charge is 2.36. The molecule has 2 atom stereocenters. The molecule has 108 valence electrons. The molecule has 2 saturated heterocycles. The van der Waals surface area contributed by atoms with E-state index in [2.05, 4.69) is 27.1 Å². The lowest BCUT2D eigenvalue weighted by Crippen LogP contribution is -2.49. The van der Waals surface area contributed by atoms with Gasteiger partial charge in [-0.1, -0.05) is 0 Å². The topological polar surface area (TPSA) is 84.1 Å². The van der Waals surface area contributed by atoms with E-state index in [9.17, 15) is 4.79 Å². The Bertz CT molecular complexity index is 494. The average Bonchev–Trinajstić information content (AvgIpc) is 2.79. The van der Waals surface area contributed by atoms with Gasteiger partial charge in [-0.15, -0.1) is 0 Å². The van der Waals surface area contributed by atoms with Gasteiger partial charge in [-0.05, 0) is 32.6 Å². The zero-order valence-electron chi connectivity index (χ0n) is 11.7. The number of hydrogen-bond donors (Lipinski definition) is 2. The standard InChI is InChI=1S/C14H21N5O/c1-2-19(11-7-9-3-4-10(8-11)18-9)14-12(13(15)20)16-5-6-17-14/h5-6,9-11,18H,2-4,7-8H2,1H3,(H2,15,20). The summed E-state index contributed by atoms with van der Waals surface area (Å²) in [4.78, 5) is 22.2. The fourth-order valence-electron chi connectivity index (χ4n) is 3.58. The molecule has 6 nitrogen and oxygen atoms in total. The summed E-state index contributed by atoms with van der Waals surface area (Å²) in [6.07, 6.45) is 7.84. The minimum Gasteiger partial charge on any atom is -0.364 e. The number of nitrogens with two attached hydrogens (primary N) is 1. The molecule has 20 heavy (non-hydrogen) atoms. The fraction of sp³-hybridized carbons (Fsp3) is 0.643. The summed E-state index contributed by atoms with van der Waals surface area (Å²) in [5, 5.41) is 3.63. The van der Waals surface area contributed by atoms with E-state index in [4.69, 9.17) is 5.73 Å². The highest BCUT2D eigenvalue weighted by molar-refractivity contribution is 5.95. The lowest BCUT2D eigenvalue weighted by Gasteiger charge is -2.38. The Labute approximate surface area is 118 Å². The Morgan fingerprint density at radius 3 is 2.60 bits per heavy atom. The third-order valence-corrected chi connectivity index (χ3v) is 4.41. The summed E-state index contributed by atoms with van der Waals surface area (Å²) >= 11 is 0. The van der Waals surface area contributed by atoms with Gasteiger partial charge in [0.15, 0.2) is 11.5 Å². The lowest BCUT2D eigenvalue weighted by molar-refractivity contribution is 0.0995. The van der Waals surface area contributed by atoms with Crippen LogP contribution in [0.25, 0.3) is 0 Å². The molecule has 3 N–H and O–H groups in total. The SMILES string of the molecule is CCN(c1nccnc1C(N)=O)C1CC2CCC(C1)N2. The van der Waals surface area contributed by atoms with Crippen molar-refractivity contribution in [3.63, 3.8) is 0 Å². The van der Waals surface area contributed by atoms with Gasteiger partial charge in [0, 0.05) is 37.1 Å². The second kappa shape index (κ2) is 5.36. The second-order valence-electron chi connectivity index (χ2n) is 5.64. The number of nitrogens with zero attached hydrogens (tertiary/aromatic N) is 3. The monoisotopic (exact) mass is 275 g/mol. The second-order valence-corrected chi connectivity index (χ2v) is 5.64. The molecule has 2 unspecified atom stereocenters. The van der Waals surface area contributed by atoms with E-state index < -0.39 is 5.91 Å². The predicted molar refractivity (Wildman–Crippen MR) is 76.5 cm³/mol. The van der Waals surface area contributed by atoms with E-state index in [1.54, 1.807) is 6.20 Å². The summed E-state index contributed by atoms with van der Waals surface area (Å²) in [5.74, 6) is 0.122. The van der Waals surface area contributed by atoms with Gasteiger partial charge in [-0.2, -0.15) is 0 Å². The maximum Gasteiger partial charge on any atom is 0.271 e. The highest BCUT2D eigenvalue weighted by Crippen LogP contribution is 2.32. The first kappa shape index (κ1) is 13.3. The van der Waals surface area contributed by atoms with Crippen LogP contribution in [0.5, 0.6) is 0 Å². The van der Waals surface area contributed by atoms with Crippen molar-refractivity contribution in [1.29, 1.82) is 0 Å². The van der Waals surface area contributed by atoms with Crippen molar-refractivity contribution >= 4 is 11.7 Å². The Hall–Kier alpha value is -1.69. The van der Waals surface area contributed by atoms with Crippen LogP contribution in [0.3, 0.4) is 0 Å². The quantitative estimate of drug-likeness (QED) is 0.844. The number of carbonyl (C=O) groups excluding carboxylic acids is 1. The molecule has 2 aliphatic heterocycles. The average molecular weight is 275 g/mol. The first-order valence-corrected chi connectivity index (χ1v) is 7.32. The number of nitrogens with one attached hydrogen (secondary N) is 1. The molecule has 2 fully saturated rings. The molecule has 1 aromatic rings. The number of rotatable bonds is 4. The Balaban J connectivity index is 1.88. The van der Waals surface area contributed by atoms with Crippen molar-refractivity contribution in [2.75, 3.05) is 11.4 Å². The smallest absolute Gasteiger partial charge is 0.271 e. The maximum absolute atomic E-state index is 11.5. The molecule has 0 aromatic carbocycles. The van der Waals surface area contributed by atoms with Crippen LogP contribution in [0.15, 0.2) is 12.4 Å². The number of piperidine rings is 1. The van der Waals surface area contributed by atoms with Gasteiger partial charge in [0.2, 0.25) is 0 Å². The first-order chi connectivity index (χ1) is 9.69. The largest absolute Gasteiger partial charge is 0.364 e. The number of aromatic nitrogens is 2. The van der Waals surface area contributed by atoms with Crippen molar-refractivity contribution < 1.29 is 4.79 Å². The van der Waals surface area contributed by atoms with Crippen molar-refractivity contribution in [1.82, 2.24) is 15.3 Å². The molecule has 3 rings (SSSR count). The van der Waals surface area contributed by atoms with Crippen molar-refractivity contribution in [2.45, 2.75) is 50.7 Å². The van der Waals surface area contributed by atoms with E-state index in [0.717, 1.165) is 19.4 Å². The van der Waals surface area contributed by atoms with E-state index in [1.165, 1.54) is 19.0 Å². The van der Waals surface area contributed by atoms with Crippen molar-refractivity contribution in [3.05, 3.63) is 18.1 Å². The van der Waals surface area contributed by atoms with Crippen LogP contribution in [0, 0.1) is 0 Å². The molecule has 6 heteroatoms. The number of anilines is 1. The fourth-order valence-corrected chi connectivity index (χ4v) is 3.58. The normalized spacial score (nSPS) is 28.4. The number of primary amides is 1. The molecule has 3 heterocycles. The molecule has 0 spiro atoms. The molecule has 2 bridgehead atoms. The third kappa shape index (κ3) is 2.35. The summed E-state index contributed by atoms with van der Waals surface area (Å²) in [7, 11) is 0. The van der Waals surface area contributed by atoms with Crippen LogP contribution in [0.1, 0.15) is 43.1 Å². The minimum absolute atomic E-state index is 0.278. The number of amides is 1. The van der Waals surface area contributed by atoms with E-state index in [-0.39, 0.29) is 5.69 Å². The Morgan fingerprint density at radius 2 is 2.00 bits per heavy atom. The molecule has 1 amide bonds. The van der Waals surface area contributed by atoms with Gasteiger partial charge in [-0.3, -0.25) is 4.79 Å². The lowest BCUT2D eigenvalue weighted by atomic mass is 9.98. The van der Waals surface area contributed by atoms with Crippen LogP contribution in [-0.2, 0) is 0 Å². The van der Waals surface area contributed by atoms with Gasteiger partial charge in [0.1, 0.15) is 0 Å². The van der Waals surface area contributed by atoms with E-state index >= 15 is 0 Å².